The normalized spacial score (nSPS) is 18.7. The Labute approximate surface area is 154 Å². The maximum Gasteiger partial charge on any atom is 0.128 e. The first-order chi connectivity index (χ1) is 11.5. The van der Waals surface area contributed by atoms with Crippen LogP contribution in [0.25, 0.3) is 0 Å². The van der Waals surface area contributed by atoms with Gasteiger partial charge in [-0.3, -0.25) is 4.99 Å². The first kappa shape index (κ1) is 20.0. The second-order valence-electron chi connectivity index (χ2n) is 9.88. The highest BCUT2D eigenvalue weighted by Gasteiger charge is 2.25. The van der Waals surface area contributed by atoms with E-state index in [9.17, 15) is 5.11 Å². The quantitative estimate of drug-likeness (QED) is 0.635. The average molecular weight is 344 g/mol. The summed E-state index contributed by atoms with van der Waals surface area (Å²) in [5, 5.41) is 10.8. The van der Waals surface area contributed by atoms with Gasteiger partial charge in [-0.05, 0) is 48.1 Å². The van der Waals surface area contributed by atoms with Crippen LogP contribution in [-0.4, -0.2) is 17.4 Å². The molecule has 1 N–H and O–H groups in total. The van der Waals surface area contributed by atoms with Gasteiger partial charge >= 0.3 is 0 Å². The smallest absolute Gasteiger partial charge is 0.128 e. The largest absolute Gasteiger partial charge is 0.507 e. The molecule has 2 rings (SSSR count). The lowest BCUT2D eigenvalue weighted by atomic mass is 9.79. The standard InChI is InChI=1S/C23H37NO/c1-16(17-11-9-8-10-12-17)24-15-18-13-19(22(2,3)4)14-20(21(18)25)23(5,6)7/h13-17,25H,8-12H2,1-7H3/t16-/m1/s1. The molecule has 0 amide bonds. The third-order valence-electron chi connectivity index (χ3n) is 5.59. The molecule has 140 valence electrons. The molecule has 1 aliphatic carbocycles. The van der Waals surface area contributed by atoms with Crippen molar-refractivity contribution in [3.63, 3.8) is 0 Å². The summed E-state index contributed by atoms with van der Waals surface area (Å²) in [4.78, 5) is 4.84. The highest BCUT2D eigenvalue weighted by molar-refractivity contribution is 5.85. The molecule has 25 heavy (non-hydrogen) atoms. The van der Waals surface area contributed by atoms with Crippen molar-refractivity contribution in [1.29, 1.82) is 0 Å². The summed E-state index contributed by atoms with van der Waals surface area (Å²) < 4.78 is 0. The first-order valence-electron chi connectivity index (χ1n) is 9.91. The van der Waals surface area contributed by atoms with Gasteiger partial charge in [0.05, 0.1) is 0 Å². The number of phenols is 1. The minimum atomic E-state index is -0.0943. The van der Waals surface area contributed by atoms with Crippen LogP contribution in [0.5, 0.6) is 5.75 Å². The van der Waals surface area contributed by atoms with E-state index in [0.717, 1.165) is 11.1 Å². The van der Waals surface area contributed by atoms with E-state index in [-0.39, 0.29) is 10.8 Å². The number of nitrogens with zero attached hydrogens (tertiary/aromatic N) is 1. The fourth-order valence-corrected chi connectivity index (χ4v) is 3.70. The number of phenolic OH excluding ortho intramolecular Hbond substituents is 1. The molecule has 0 unspecified atom stereocenters. The van der Waals surface area contributed by atoms with E-state index in [4.69, 9.17) is 4.99 Å². The molecule has 1 atom stereocenters. The zero-order chi connectivity index (χ0) is 18.8. The van der Waals surface area contributed by atoms with Crippen LogP contribution < -0.4 is 0 Å². The van der Waals surface area contributed by atoms with Crippen LogP contribution in [0.15, 0.2) is 17.1 Å². The van der Waals surface area contributed by atoms with Crippen LogP contribution in [0.3, 0.4) is 0 Å². The molecule has 0 saturated heterocycles. The molecule has 0 aromatic heterocycles. The Morgan fingerprint density at radius 1 is 1.00 bits per heavy atom. The third kappa shape index (κ3) is 5.09. The summed E-state index contributed by atoms with van der Waals surface area (Å²) in [6.45, 7) is 15.3. The Bertz CT molecular complexity index is 610. The Kier molecular flexibility index (Phi) is 6.01. The van der Waals surface area contributed by atoms with Gasteiger partial charge in [0.25, 0.3) is 0 Å². The monoisotopic (exact) mass is 343 g/mol. The van der Waals surface area contributed by atoms with Gasteiger partial charge in [0, 0.05) is 23.4 Å². The molecule has 2 heteroatoms. The molecule has 0 radical (unpaired) electrons. The van der Waals surface area contributed by atoms with E-state index in [0.29, 0.717) is 17.7 Å². The van der Waals surface area contributed by atoms with Gasteiger partial charge in [-0.2, -0.15) is 0 Å². The number of rotatable bonds is 3. The Morgan fingerprint density at radius 2 is 1.60 bits per heavy atom. The molecule has 1 fully saturated rings. The zero-order valence-corrected chi connectivity index (χ0v) is 17.3. The summed E-state index contributed by atoms with van der Waals surface area (Å²) in [5.74, 6) is 1.08. The molecular formula is C23H37NO. The van der Waals surface area contributed by atoms with Crippen LogP contribution in [0.2, 0.25) is 0 Å². The molecule has 2 nitrogen and oxygen atoms in total. The summed E-state index contributed by atoms with van der Waals surface area (Å²) in [5.41, 5.74) is 3.07. The second kappa shape index (κ2) is 7.51. The molecule has 0 aliphatic heterocycles. The Balaban J connectivity index is 2.37. The van der Waals surface area contributed by atoms with E-state index in [1.54, 1.807) is 0 Å². The SMILES string of the molecule is C[C@@H](N=Cc1cc(C(C)(C)C)cc(C(C)(C)C)c1O)C1CCCCC1. The highest BCUT2D eigenvalue weighted by Crippen LogP contribution is 2.37. The predicted octanol–water partition coefficient (Wildman–Crippen LogP) is 6.37. The molecule has 1 aromatic carbocycles. The Hall–Kier alpha value is -1.31. The predicted molar refractivity (Wildman–Crippen MR) is 109 cm³/mol. The molecule has 0 bridgehead atoms. The van der Waals surface area contributed by atoms with Crippen LogP contribution >= 0.6 is 0 Å². The van der Waals surface area contributed by atoms with Crippen molar-refractivity contribution >= 4 is 6.21 Å². The van der Waals surface area contributed by atoms with Crippen molar-refractivity contribution in [2.24, 2.45) is 10.9 Å². The van der Waals surface area contributed by atoms with Crippen LogP contribution in [0, 0.1) is 5.92 Å². The molecule has 1 saturated carbocycles. The first-order valence-corrected chi connectivity index (χ1v) is 9.91. The van der Waals surface area contributed by atoms with E-state index < -0.39 is 0 Å². The minimum absolute atomic E-state index is 0.0469. The van der Waals surface area contributed by atoms with Crippen molar-refractivity contribution in [2.45, 2.75) is 97.4 Å². The molecule has 0 spiro atoms. The van der Waals surface area contributed by atoms with E-state index in [2.05, 4.69) is 60.6 Å². The molecule has 0 heterocycles. The van der Waals surface area contributed by atoms with E-state index in [1.807, 2.05) is 6.21 Å². The number of aromatic hydroxyl groups is 1. The van der Waals surface area contributed by atoms with Crippen molar-refractivity contribution in [2.75, 3.05) is 0 Å². The van der Waals surface area contributed by atoms with Gasteiger partial charge in [-0.15, -0.1) is 0 Å². The minimum Gasteiger partial charge on any atom is -0.507 e. The summed E-state index contributed by atoms with van der Waals surface area (Å²) in [6, 6.07) is 4.61. The maximum atomic E-state index is 10.8. The maximum absolute atomic E-state index is 10.8. The third-order valence-corrected chi connectivity index (χ3v) is 5.59. The average Bonchev–Trinajstić information content (AvgIpc) is 2.52. The lowest BCUT2D eigenvalue weighted by Crippen LogP contribution is -2.19. The second-order valence-corrected chi connectivity index (χ2v) is 9.88. The number of hydrogen-bond acceptors (Lipinski definition) is 2. The van der Waals surface area contributed by atoms with Crippen molar-refractivity contribution in [1.82, 2.24) is 0 Å². The summed E-state index contributed by atoms with van der Waals surface area (Å²) >= 11 is 0. The molecule has 1 aromatic rings. The van der Waals surface area contributed by atoms with E-state index in [1.165, 1.54) is 37.7 Å². The Morgan fingerprint density at radius 3 is 2.12 bits per heavy atom. The van der Waals surface area contributed by atoms with E-state index >= 15 is 0 Å². The van der Waals surface area contributed by atoms with Gasteiger partial charge in [0.15, 0.2) is 0 Å². The topological polar surface area (TPSA) is 32.6 Å². The van der Waals surface area contributed by atoms with Gasteiger partial charge in [0.1, 0.15) is 5.75 Å². The lowest BCUT2D eigenvalue weighted by molar-refractivity contribution is 0.318. The van der Waals surface area contributed by atoms with Crippen LogP contribution in [-0.2, 0) is 10.8 Å². The van der Waals surface area contributed by atoms with Crippen LogP contribution in [0.1, 0.15) is 97.3 Å². The van der Waals surface area contributed by atoms with Crippen molar-refractivity contribution < 1.29 is 5.11 Å². The molecule has 1 aliphatic rings. The van der Waals surface area contributed by atoms with Crippen molar-refractivity contribution in [3.05, 3.63) is 28.8 Å². The van der Waals surface area contributed by atoms with Crippen molar-refractivity contribution in [3.8, 4) is 5.75 Å². The fourth-order valence-electron chi connectivity index (χ4n) is 3.70. The lowest BCUT2D eigenvalue weighted by Gasteiger charge is -2.27. The zero-order valence-electron chi connectivity index (χ0n) is 17.3. The van der Waals surface area contributed by atoms with Gasteiger partial charge < -0.3 is 5.11 Å². The summed E-state index contributed by atoms with van der Waals surface area (Å²) in [6.07, 6.45) is 8.54. The van der Waals surface area contributed by atoms with Gasteiger partial charge in [-0.25, -0.2) is 0 Å². The van der Waals surface area contributed by atoms with Gasteiger partial charge in [-0.1, -0.05) is 66.9 Å². The highest BCUT2D eigenvalue weighted by atomic mass is 16.3. The molecular weight excluding hydrogens is 306 g/mol. The fraction of sp³-hybridized carbons (Fsp3) is 0.696. The number of aliphatic imine (C=N–C) groups is 1. The number of benzene rings is 1. The summed E-state index contributed by atoms with van der Waals surface area (Å²) in [7, 11) is 0. The van der Waals surface area contributed by atoms with Gasteiger partial charge in [0.2, 0.25) is 0 Å². The number of hydrogen-bond donors (Lipinski definition) is 1. The van der Waals surface area contributed by atoms with Crippen LogP contribution in [0.4, 0.5) is 0 Å².